The van der Waals surface area contributed by atoms with E-state index in [1.54, 1.807) is 18.2 Å². The van der Waals surface area contributed by atoms with Gasteiger partial charge >= 0.3 is 24.3 Å². The first-order valence-electron chi connectivity index (χ1n) is 14.8. The van der Waals surface area contributed by atoms with Crippen LogP contribution in [0.2, 0.25) is 5.02 Å². The van der Waals surface area contributed by atoms with Crippen molar-refractivity contribution >= 4 is 47.3 Å². The number of carbonyl (C=O) groups is 3. The standard InChI is InChI=1S/C31H31ClF4N6O6/c1-46-28(43)19-5-3-4-6-22(42-12-11-23(48-30(42)45)24-17(31(34,35)36)9-10-18(32)25(24)33)27-40-21(14-37)26(41-27)16-8-7-15(13-20(16)39-19)38-29(44)47-2/h7-10,13-14,19,22-23,37,39H,3-6,11-12H2,1-2H3,(H,38,44)(H,40,41)/t19-,22+,23?/m1/s1. The lowest BCUT2D eigenvalue weighted by Crippen LogP contribution is -2.42. The number of ether oxygens (including phenoxy) is 3. The molecule has 1 saturated heterocycles. The Labute approximate surface area is 276 Å². The van der Waals surface area contributed by atoms with E-state index in [0.29, 0.717) is 48.7 Å². The average molecular weight is 695 g/mol. The summed E-state index contributed by atoms with van der Waals surface area (Å²) in [6.07, 6.45) is -5.80. The van der Waals surface area contributed by atoms with Crippen LogP contribution >= 0.6 is 11.6 Å². The normalized spacial score (nSPS) is 19.9. The van der Waals surface area contributed by atoms with Crippen LogP contribution < -0.4 is 10.6 Å². The number of alkyl halides is 3. The third-order valence-electron chi connectivity index (χ3n) is 8.20. The number of H-pyrrole nitrogens is 1. The van der Waals surface area contributed by atoms with Crippen LogP contribution in [0.25, 0.3) is 11.3 Å². The Morgan fingerprint density at radius 1 is 1.15 bits per heavy atom. The SMILES string of the molecule is COC(=O)Nc1ccc2c(c1)N[C@@H](C(=O)OC)CCCC[C@H](N1CCC(c3c(C(F)(F)F)ccc(Cl)c3F)OC1=O)c1nc-2c(C=N)[nH]1. The number of hydrogen-bond acceptors (Lipinski definition) is 9. The van der Waals surface area contributed by atoms with Crippen LogP contribution in [-0.2, 0) is 25.2 Å². The lowest BCUT2D eigenvalue weighted by atomic mass is 9.96. The number of cyclic esters (lactones) is 1. The Kier molecular flexibility index (Phi) is 10.1. The van der Waals surface area contributed by atoms with Crippen LogP contribution in [0.5, 0.6) is 0 Å². The number of nitrogens with zero attached hydrogens (tertiary/aromatic N) is 2. The summed E-state index contributed by atoms with van der Waals surface area (Å²) < 4.78 is 71.5. The Morgan fingerprint density at radius 3 is 2.56 bits per heavy atom. The number of amides is 2. The summed E-state index contributed by atoms with van der Waals surface area (Å²) in [7, 11) is 2.46. The molecular formula is C31H31ClF4N6O6. The van der Waals surface area contributed by atoms with Gasteiger partial charge in [0.1, 0.15) is 23.8 Å². The summed E-state index contributed by atoms with van der Waals surface area (Å²) in [6, 6.07) is 4.60. The van der Waals surface area contributed by atoms with Gasteiger partial charge in [-0.3, -0.25) is 10.2 Å². The molecule has 2 aliphatic rings. The first-order chi connectivity index (χ1) is 22.9. The smallest absolute Gasteiger partial charge is 0.416 e. The van der Waals surface area contributed by atoms with E-state index in [9.17, 15) is 31.9 Å². The maximum absolute atomic E-state index is 15.0. The molecule has 3 atom stereocenters. The van der Waals surface area contributed by atoms with Gasteiger partial charge in [0.05, 0.1) is 42.2 Å². The van der Waals surface area contributed by atoms with Crippen molar-refractivity contribution in [1.82, 2.24) is 14.9 Å². The molecule has 1 unspecified atom stereocenters. The van der Waals surface area contributed by atoms with Crippen LogP contribution in [0.1, 0.15) is 66.9 Å². The first kappa shape index (κ1) is 34.5. The molecule has 1 fully saturated rings. The van der Waals surface area contributed by atoms with E-state index in [4.69, 9.17) is 31.5 Å². The van der Waals surface area contributed by atoms with E-state index < -0.39 is 64.5 Å². The Bertz CT molecular complexity index is 1730. The summed E-state index contributed by atoms with van der Waals surface area (Å²) in [5.74, 6) is -1.59. The fraction of sp³-hybridized carbons (Fsp3) is 0.387. The van der Waals surface area contributed by atoms with Crippen LogP contribution in [0.4, 0.5) is 38.5 Å². The topological polar surface area (TPSA) is 159 Å². The molecule has 2 bridgehead atoms. The maximum atomic E-state index is 15.0. The van der Waals surface area contributed by atoms with E-state index >= 15 is 0 Å². The number of esters is 1. The van der Waals surface area contributed by atoms with Crippen molar-refractivity contribution in [2.24, 2.45) is 0 Å². The molecule has 256 valence electrons. The second-order valence-corrected chi connectivity index (χ2v) is 11.5. The highest BCUT2D eigenvalue weighted by Crippen LogP contribution is 2.43. The Hall–Kier alpha value is -4.86. The molecule has 2 amide bonds. The van der Waals surface area contributed by atoms with E-state index in [1.165, 1.54) is 19.1 Å². The van der Waals surface area contributed by atoms with Crippen LogP contribution in [0.3, 0.4) is 0 Å². The van der Waals surface area contributed by atoms with Gasteiger partial charge in [0, 0.05) is 41.7 Å². The second kappa shape index (κ2) is 14.1. The van der Waals surface area contributed by atoms with Crippen molar-refractivity contribution in [3.63, 3.8) is 0 Å². The molecule has 2 aliphatic heterocycles. The number of hydrogen-bond donors (Lipinski definition) is 4. The van der Waals surface area contributed by atoms with Gasteiger partial charge < -0.3 is 29.9 Å². The molecule has 3 heterocycles. The molecule has 3 aromatic rings. The quantitative estimate of drug-likeness (QED) is 0.0944. The number of aromatic nitrogens is 2. The van der Waals surface area contributed by atoms with Gasteiger partial charge in [-0.05, 0) is 43.2 Å². The number of rotatable bonds is 5. The summed E-state index contributed by atoms with van der Waals surface area (Å²) in [6.45, 7) is -0.112. The number of halogens is 5. The van der Waals surface area contributed by atoms with Crippen LogP contribution in [0, 0.1) is 11.2 Å². The largest absolute Gasteiger partial charge is 0.467 e. The van der Waals surface area contributed by atoms with Crippen molar-refractivity contribution in [2.75, 3.05) is 31.4 Å². The third-order valence-corrected chi connectivity index (χ3v) is 8.49. The zero-order chi connectivity index (χ0) is 34.7. The Morgan fingerprint density at radius 2 is 1.90 bits per heavy atom. The zero-order valence-corrected chi connectivity index (χ0v) is 26.4. The highest BCUT2D eigenvalue weighted by atomic mass is 35.5. The third kappa shape index (κ3) is 7.02. The molecule has 48 heavy (non-hydrogen) atoms. The minimum atomic E-state index is -4.92. The summed E-state index contributed by atoms with van der Waals surface area (Å²) in [5, 5.41) is 13.3. The molecule has 0 spiro atoms. The van der Waals surface area contributed by atoms with Gasteiger partial charge in [0.15, 0.2) is 0 Å². The number of imidazole rings is 1. The predicted molar refractivity (Wildman–Crippen MR) is 166 cm³/mol. The van der Waals surface area contributed by atoms with Crippen molar-refractivity contribution in [1.29, 1.82) is 5.41 Å². The highest BCUT2D eigenvalue weighted by Gasteiger charge is 2.42. The van der Waals surface area contributed by atoms with Gasteiger partial charge in [0.25, 0.3) is 0 Å². The molecule has 4 N–H and O–H groups in total. The lowest BCUT2D eigenvalue weighted by molar-refractivity contribution is -0.142. The van der Waals surface area contributed by atoms with Gasteiger partial charge in [0.2, 0.25) is 0 Å². The van der Waals surface area contributed by atoms with Crippen molar-refractivity contribution in [3.8, 4) is 11.3 Å². The number of carbonyl (C=O) groups excluding carboxylic acids is 3. The minimum Gasteiger partial charge on any atom is -0.467 e. The number of aromatic amines is 1. The average Bonchev–Trinajstić information content (AvgIpc) is 3.48. The summed E-state index contributed by atoms with van der Waals surface area (Å²) >= 11 is 5.81. The fourth-order valence-corrected chi connectivity index (χ4v) is 6.07. The van der Waals surface area contributed by atoms with E-state index in [1.807, 2.05) is 0 Å². The molecule has 12 nitrogen and oxygen atoms in total. The molecule has 1 aromatic heterocycles. The van der Waals surface area contributed by atoms with Crippen LogP contribution in [-0.4, -0.2) is 66.0 Å². The number of nitrogens with one attached hydrogen (secondary N) is 4. The Balaban J connectivity index is 1.52. The van der Waals surface area contributed by atoms with Gasteiger partial charge in [-0.25, -0.2) is 23.8 Å². The summed E-state index contributed by atoms with van der Waals surface area (Å²) in [4.78, 5) is 47.3. The lowest BCUT2D eigenvalue weighted by Gasteiger charge is -2.37. The van der Waals surface area contributed by atoms with Crippen LogP contribution in [0.15, 0.2) is 30.3 Å². The number of anilines is 2. The molecule has 5 rings (SSSR count). The van der Waals surface area contributed by atoms with Crippen molar-refractivity contribution in [3.05, 3.63) is 63.8 Å². The number of methoxy groups -OCH3 is 2. The van der Waals surface area contributed by atoms with E-state index in [2.05, 4.69) is 20.4 Å². The molecule has 0 saturated carbocycles. The predicted octanol–water partition coefficient (Wildman–Crippen LogP) is 7.22. The monoisotopic (exact) mass is 694 g/mol. The van der Waals surface area contributed by atoms with E-state index in [0.717, 1.165) is 12.3 Å². The highest BCUT2D eigenvalue weighted by molar-refractivity contribution is 6.30. The molecule has 2 aromatic carbocycles. The van der Waals surface area contributed by atoms with Gasteiger partial charge in [-0.2, -0.15) is 13.2 Å². The first-order valence-corrected chi connectivity index (χ1v) is 15.2. The zero-order valence-electron chi connectivity index (χ0n) is 25.7. The van der Waals surface area contributed by atoms with E-state index in [-0.39, 0.29) is 30.2 Å². The fourth-order valence-electron chi connectivity index (χ4n) is 5.91. The minimum absolute atomic E-state index is 0.112. The number of benzene rings is 2. The molecule has 17 heteroatoms. The molecular weight excluding hydrogens is 664 g/mol. The van der Waals surface area contributed by atoms with Gasteiger partial charge in [-0.15, -0.1) is 0 Å². The number of fused-ring (bicyclic) bond motifs is 4. The molecule has 0 radical (unpaired) electrons. The van der Waals surface area contributed by atoms with Gasteiger partial charge in [-0.1, -0.05) is 24.4 Å². The van der Waals surface area contributed by atoms with Crippen molar-refractivity contribution in [2.45, 2.75) is 56.5 Å². The van der Waals surface area contributed by atoms with Crippen molar-refractivity contribution < 1.29 is 46.2 Å². The summed E-state index contributed by atoms with van der Waals surface area (Å²) in [5.41, 5.74) is -0.444. The second-order valence-electron chi connectivity index (χ2n) is 11.1. The molecule has 0 aliphatic carbocycles. The maximum Gasteiger partial charge on any atom is 0.416 e.